The molecule has 0 unspecified atom stereocenters. The van der Waals surface area contributed by atoms with Crippen molar-refractivity contribution in [2.75, 3.05) is 0 Å². The van der Waals surface area contributed by atoms with Crippen LogP contribution < -0.4 is 0 Å². The first kappa shape index (κ1) is 14.8. The molecule has 0 radical (unpaired) electrons. The van der Waals surface area contributed by atoms with Gasteiger partial charge in [0.1, 0.15) is 0 Å². The molecule has 19 heavy (non-hydrogen) atoms. The molecule has 0 aromatic heterocycles. The number of hydrogen-bond donors (Lipinski definition) is 0. The van der Waals surface area contributed by atoms with Gasteiger partial charge in [0.05, 0.1) is 20.6 Å². The van der Waals surface area contributed by atoms with Crippen molar-refractivity contribution in [2.24, 2.45) is 0 Å². The van der Waals surface area contributed by atoms with Gasteiger partial charge in [0.25, 0.3) is 0 Å². The first-order chi connectivity index (χ1) is 8.91. The summed E-state index contributed by atoms with van der Waals surface area (Å²) in [4.78, 5) is 12.2. The SMILES string of the molecule is O=C(c1ccc(Cl)c(Cl)c1)c1ccc(Br)c(Cl)c1F. The Hall–Kier alpha value is -0.610. The lowest BCUT2D eigenvalue weighted by molar-refractivity contribution is 0.103. The Labute approximate surface area is 132 Å². The normalized spacial score (nSPS) is 10.6. The van der Waals surface area contributed by atoms with Gasteiger partial charge in [-0.25, -0.2) is 4.39 Å². The molecule has 0 heterocycles. The maximum Gasteiger partial charge on any atom is 0.196 e. The molecule has 6 heteroatoms. The topological polar surface area (TPSA) is 17.1 Å². The van der Waals surface area contributed by atoms with Crippen LogP contribution in [0, 0.1) is 5.82 Å². The van der Waals surface area contributed by atoms with E-state index in [1.54, 1.807) is 0 Å². The van der Waals surface area contributed by atoms with Crippen molar-refractivity contribution in [1.82, 2.24) is 0 Å². The van der Waals surface area contributed by atoms with Crippen molar-refractivity contribution >= 4 is 56.5 Å². The third kappa shape index (κ3) is 2.95. The molecule has 0 aliphatic carbocycles. The van der Waals surface area contributed by atoms with Crippen molar-refractivity contribution in [2.45, 2.75) is 0 Å². The van der Waals surface area contributed by atoms with Crippen LogP contribution in [0.1, 0.15) is 15.9 Å². The minimum Gasteiger partial charge on any atom is -0.288 e. The molecule has 0 aliphatic heterocycles. The van der Waals surface area contributed by atoms with Crippen LogP contribution in [0.2, 0.25) is 15.1 Å². The number of rotatable bonds is 2. The average Bonchev–Trinajstić information content (AvgIpc) is 2.39. The zero-order valence-electron chi connectivity index (χ0n) is 9.18. The van der Waals surface area contributed by atoms with Crippen molar-refractivity contribution in [3.05, 3.63) is 66.8 Å². The summed E-state index contributed by atoms with van der Waals surface area (Å²) in [5, 5.41) is 0.426. The molecule has 98 valence electrons. The number of carbonyl (C=O) groups excluding carboxylic acids is 1. The molecule has 0 spiro atoms. The Morgan fingerprint density at radius 2 is 1.74 bits per heavy atom. The van der Waals surface area contributed by atoms with Crippen molar-refractivity contribution in [3.8, 4) is 0 Å². The Balaban J connectivity index is 2.50. The maximum absolute atomic E-state index is 13.9. The number of benzene rings is 2. The van der Waals surface area contributed by atoms with Crippen LogP contribution in [0.15, 0.2) is 34.8 Å². The van der Waals surface area contributed by atoms with Gasteiger partial charge in [-0.2, -0.15) is 0 Å². The molecule has 0 saturated carbocycles. The Bertz CT molecular complexity index is 673. The summed E-state index contributed by atoms with van der Waals surface area (Å²) < 4.78 is 14.3. The van der Waals surface area contributed by atoms with E-state index in [-0.39, 0.29) is 21.2 Å². The largest absolute Gasteiger partial charge is 0.288 e. The highest BCUT2D eigenvalue weighted by atomic mass is 79.9. The zero-order valence-corrected chi connectivity index (χ0v) is 13.0. The minimum absolute atomic E-state index is 0.119. The lowest BCUT2D eigenvalue weighted by Gasteiger charge is -2.06. The molecule has 0 aliphatic rings. The second-order valence-electron chi connectivity index (χ2n) is 3.68. The summed E-state index contributed by atoms with van der Waals surface area (Å²) in [6, 6.07) is 7.22. The summed E-state index contributed by atoms with van der Waals surface area (Å²) in [6.07, 6.45) is 0. The molecular weight excluding hydrogens is 377 g/mol. The van der Waals surface area contributed by atoms with Crippen LogP contribution in [0.4, 0.5) is 4.39 Å². The first-order valence-corrected chi connectivity index (χ1v) is 6.97. The molecule has 2 aromatic carbocycles. The first-order valence-electron chi connectivity index (χ1n) is 5.05. The number of ketones is 1. The highest BCUT2D eigenvalue weighted by molar-refractivity contribution is 9.10. The molecule has 0 atom stereocenters. The van der Waals surface area contributed by atoms with E-state index in [4.69, 9.17) is 34.8 Å². The molecule has 0 fully saturated rings. The Morgan fingerprint density at radius 1 is 1.05 bits per heavy atom. The standard InChI is InChI=1S/C13H5BrCl3FO/c14-8-3-2-7(12(18)11(8)17)13(19)6-1-4-9(15)10(16)5-6/h1-5H. The lowest BCUT2D eigenvalue weighted by Crippen LogP contribution is -2.05. The fraction of sp³-hybridized carbons (Fsp3) is 0. The third-order valence-corrected chi connectivity index (χ3v) is 4.46. The number of hydrogen-bond acceptors (Lipinski definition) is 1. The summed E-state index contributed by atoms with van der Waals surface area (Å²) in [5.74, 6) is -1.28. The fourth-order valence-corrected chi connectivity index (χ4v) is 2.26. The van der Waals surface area contributed by atoms with Crippen LogP contribution in [-0.2, 0) is 0 Å². The fourth-order valence-electron chi connectivity index (χ4n) is 1.49. The van der Waals surface area contributed by atoms with E-state index in [0.717, 1.165) is 0 Å². The van der Waals surface area contributed by atoms with Gasteiger partial charge in [0.15, 0.2) is 11.6 Å². The van der Waals surface area contributed by atoms with Gasteiger partial charge < -0.3 is 0 Å². The van der Waals surface area contributed by atoms with Gasteiger partial charge in [0, 0.05) is 10.0 Å². The van der Waals surface area contributed by atoms with Crippen LogP contribution in [0.3, 0.4) is 0 Å². The van der Waals surface area contributed by atoms with Gasteiger partial charge in [-0.1, -0.05) is 34.8 Å². The number of halogens is 5. The summed E-state index contributed by atoms with van der Waals surface area (Å²) >= 11 is 20.4. The summed E-state index contributed by atoms with van der Waals surface area (Å²) in [6.45, 7) is 0. The van der Waals surface area contributed by atoms with E-state index in [0.29, 0.717) is 9.50 Å². The predicted octanol–water partition coefficient (Wildman–Crippen LogP) is 5.78. The molecule has 0 amide bonds. The molecule has 2 rings (SSSR count). The quantitative estimate of drug-likeness (QED) is 0.475. The van der Waals surface area contributed by atoms with E-state index in [1.807, 2.05) is 0 Å². The van der Waals surface area contributed by atoms with Crippen molar-refractivity contribution in [3.63, 3.8) is 0 Å². The molecule has 1 nitrogen and oxygen atoms in total. The van der Waals surface area contributed by atoms with Gasteiger partial charge in [0.2, 0.25) is 0 Å². The second-order valence-corrected chi connectivity index (χ2v) is 5.73. The maximum atomic E-state index is 13.9. The van der Waals surface area contributed by atoms with Crippen molar-refractivity contribution < 1.29 is 9.18 Å². The van der Waals surface area contributed by atoms with Crippen LogP contribution in [-0.4, -0.2) is 5.78 Å². The Morgan fingerprint density at radius 3 is 2.37 bits per heavy atom. The van der Waals surface area contributed by atoms with Crippen LogP contribution in [0.25, 0.3) is 0 Å². The van der Waals surface area contributed by atoms with E-state index in [9.17, 15) is 9.18 Å². The zero-order chi connectivity index (χ0) is 14.2. The van der Waals surface area contributed by atoms with E-state index < -0.39 is 11.6 Å². The highest BCUT2D eigenvalue weighted by Crippen LogP contribution is 2.30. The van der Waals surface area contributed by atoms with E-state index in [1.165, 1.54) is 30.3 Å². The highest BCUT2D eigenvalue weighted by Gasteiger charge is 2.18. The van der Waals surface area contributed by atoms with Gasteiger partial charge in [-0.15, -0.1) is 0 Å². The van der Waals surface area contributed by atoms with Crippen LogP contribution >= 0.6 is 50.7 Å². The molecule has 0 saturated heterocycles. The third-order valence-electron chi connectivity index (χ3n) is 2.46. The summed E-state index contributed by atoms with van der Waals surface area (Å²) in [7, 11) is 0. The van der Waals surface area contributed by atoms with Crippen molar-refractivity contribution in [1.29, 1.82) is 0 Å². The predicted molar refractivity (Wildman–Crippen MR) is 79.0 cm³/mol. The molecular formula is C13H5BrCl3FO. The minimum atomic E-state index is -0.771. The monoisotopic (exact) mass is 380 g/mol. The lowest BCUT2D eigenvalue weighted by atomic mass is 10.0. The second kappa shape index (κ2) is 5.80. The molecule has 0 N–H and O–H groups in total. The number of carbonyl (C=O) groups is 1. The van der Waals surface area contributed by atoms with Gasteiger partial charge >= 0.3 is 0 Å². The molecule has 2 aromatic rings. The van der Waals surface area contributed by atoms with E-state index in [2.05, 4.69) is 15.9 Å². The Kier molecular flexibility index (Phi) is 4.51. The summed E-state index contributed by atoms with van der Waals surface area (Å²) in [5.41, 5.74) is 0.123. The molecule has 0 bridgehead atoms. The van der Waals surface area contributed by atoms with E-state index >= 15 is 0 Å². The average molecular weight is 382 g/mol. The van der Waals surface area contributed by atoms with Crippen LogP contribution in [0.5, 0.6) is 0 Å². The van der Waals surface area contributed by atoms with Gasteiger partial charge in [-0.3, -0.25) is 4.79 Å². The van der Waals surface area contributed by atoms with Gasteiger partial charge in [-0.05, 0) is 46.3 Å². The smallest absolute Gasteiger partial charge is 0.196 e.